The summed E-state index contributed by atoms with van der Waals surface area (Å²) >= 11 is 2.53. The molecule has 3 rings (SSSR count). The molecule has 170 valence electrons. The van der Waals surface area contributed by atoms with Crippen LogP contribution in [0.5, 0.6) is 5.75 Å². The van der Waals surface area contributed by atoms with Gasteiger partial charge < -0.3 is 19.4 Å². The topological polar surface area (TPSA) is 108 Å². The van der Waals surface area contributed by atoms with Gasteiger partial charge in [-0.2, -0.15) is 0 Å². The van der Waals surface area contributed by atoms with E-state index in [1.807, 2.05) is 32.2 Å². The van der Waals surface area contributed by atoms with Gasteiger partial charge in [-0.1, -0.05) is 17.8 Å². The number of thiazole rings is 1. The van der Waals surface area contributed by atoms with Crippen LogP contribution in [0, 0.1) is 13.8 Å². The molecule has 0 saturated carbocycles. The van der Waals surface area contributed by atoms with Gasteiger partial charge in [0.2, 0.25) is 5.91 Å². The first-order valence-corrected chi connectivity index (χ1v) is 11.8. The molecule has 0 atom stereocenters. The maximum atomic E-state index is 12.3. The molecular formula is C21H25N5O4S2. The molecule has 0 saturated heterocycles. The van der Waals surface area contributed by atoms with Crippen LogP contribution < -0.4 is 10.1 Å². The number of anilines is 1. The maximum Gasteiger partial charge on any atom is 0.311 e. The fourth-order valence-electron chi connectivity index (χ4n) is 2.64. The van der Waals surface area contributed by atoms with Gasteiger partial charge in [-0.05, 0) is 44.0 Å². The Morgan fingerprint density at radius 3 is 2.78 bits per heavy atom. The number of hydrogen-bond donors (Lipinski definition) is 1. The number of rotatable bonds is 10. The van der Waals surface area contributed by atoms with Crippen LogP contribution in [0.25, 0.3) is 0 Å². The molecule has 11 heteroatoms. The summed E-state index contributed by atoms with van der Waals surface area (Å²) in [6.45, 7) is 6.45. The second-order valence-electron chi connectivity index (χ2n) is 6.96. The zero-order valence-corrected chi connectivity index (χ0v) is 20.0. The fourth-order valence-corrected chi connectivity index (χ4v) is 4.10. The van der Waals surface area contributed by atoms with E-state index in [1.165, 1.54) is 28.7 Å². The van der Waals surface area contributed by atoms with E-state index in [2.05, 4.69) is 27.4 Å². The van der Waals surface area contributed by atoms with Crippen molar-refractivity contribution in [1.29, 1.82) is 0 Å². The van der Waals surface area contributed by atoms with Gasteiger partial charge in [0, 0.05) is 12.4 Å². The van der Waals surface area contributed by atoms with Crippen LogP contribution in [0.3, 0.4) is 0 Å². The molecule has 3 aromatic rings. The van der Waals surface area contributed by atoms with Gasteiger partial charge in [-0.3, -0.25) is 9.59 Å². The molecule has 1 N–H and O–H groups in total. The van der Waals surface area contributed by atoms with Crippen LogP contribution in [-0.4, -0.2) is 44.0 Å². The number of carbonyl (C=O) groups excluding carboxylic acids is 2. The highest BCUT2D eigenvalue weighted by Crippen LogP contribution is 2.21. The van der Waals surface area contributed by atoms with Crippen LogP contribution in [0.2, 0.25) is 0 Å². The van der Waals surface area contributed by atoms with E-state index in [0.29, 0.717) is 28.4 Å². The van der Waals surface area contributed by atoms with E-state index in [9.17, 15) is 9.59 Å². The molecule has 0 spiro atoms. The number of esters is 1. The number of thioether (sulfide) groups is 1. The van der Waals surface area contributed by atoms with Crippen LogP contribution in [-0.2, 0) is 34.4 Å². The monoisotopic (exact) mass is 475 g/mol. The number of hydrogen-bond acceptors (Lipinski definition) is 9. The second kappa shape index (κ2) is 11.1. The fraction of sp³-hybridized carbons (Fsp3) is 0.381. The number of aryl methyl sites for hydroxylation is 2. The summed E-state index contributed by atoms with van der Waals surface area (Å²) in [5.41, 5.74) is 2.94. The first kappa shape index (κ1) is 23.7. The first-order valence-electron chi connectivity index (χ1n) is 9.96. The zero-order valence-electron chi connectivity index (χ0n) is 18.4. The van der Waals surface area contributed by atoms with Crippen molar-refractivity contribution in [3.05, 3.63) is 46.2 Å². The van der Waals surface area contributed by atoms with Crippen molar-refractivity contribution in [1.82, 2.24) is 19.7 Å². The van der Waals surface area contributed by atoms with Crippen molar-refractivity contribution in [2.45, 2.75) is 39.0 Å². The minimum atomic E-state index is -0.342. The Balaban J connectivity index is 1.48. The Hall–Kier alpha value is -2.92. The smallest absolute Gasteiger partial charge is 0.311 e. The van der Waals surface area contributed by atoms with Crippen molar-refractivity contribution < 1.29 is 19.1 Å². The third kappa shape index (κ3) is 6.54. The molecule has 2 heterocycles. The quantitative estimate of drug-likeness (QED) is 0.351. The average Bonchev–Trinajstić information content (AvgIpc) is 3.33. The lowest BCUT2D eigenvalue weighted by atomic mass is 10.1. The van der Waals surface area contributed by atoms with Gasteiger partial charge in [0.25, 0.3) is 0 Å². The number of amides is 1. The minimum absolute atomic E-state index is 0.0842. The van der Waals surface area contributed by atoms with Gasteiger partial charge in [0.15, 0.2) is 16.1 Å². The zero-order chi connectivity index (χ0) is 23.1. The van der Waals surface area contributed by atoms with E-state index in [0.717, 1.165) is 11.3 Å². The molecule has 1 aromatic carbocycles. The van der Waals surface area contributed by atoms with Gasteiger partial charge in [-0.25, -0.2) is 4.98 Å². The molecule has 0 aliphatic heterocycles. The van der Waals surface area contributed by atoms with Crippen molar-refractivity contribution in [3.8, 4) is 5.75 Å². The average molecular weight is 476 g/mol. The second-order valence-corrected chi connectivity index (χ2v) is 8.76. The summed E-state index contributed by atoms with van der Waals surface area (Å²) in [4.78, 5) is 28.0. The molecule has 0 aliphatic carbocycles. The van der Waals surface area contributed by atoms with E-state index >= 15 is 0 Å². The van der Waals surface area contributed by atoms with Crippen molar-refractivity contribution in [2.24, 2.45) is 7.05 Å². The Kier molecular flexibility index (Phi) is 8.23. The predicted molar refractivity (Wildman–Crippen MR) is 123 cm³/mol. The molecule has 0 aliphatic rings. The lowest BCUT2D eigenvalue weighted by Crippen LogP contribution is -2.15. The van der Waals surface area contributed by atoms with Crippen molar-refractivity contribution in [2.75, 3.05) is 17.7 Å². The number of benzene rings is 1. The Bertz CT molecular complexity index is 1100. The summed E-state index contributed by atoms with van der Waals surface area (Å²) in [7, 11) is 1.84. The lowest BCUT2D eigenvalue weighted by Gasteiger charge is -2.08. The number of nitrogens with one attached hydrogen (secondary N) is 1. The van der Waals surface area contributed by atoms with Crippen LogP contribution in [0.15, 0.2) is 28.7 Å². The van der Waals surface area contributed by atoms with Crippen molar-refractivity contribution in [3.63, 3.8) is 0 Å². The molecular weight excluding hydrogens is 450 g/mol. The Labute approximate surface area is 194 Å². The first-order chi connectivity index (χ1) is 15.4. The standard InChI is InChI=1S/C21H25N5O4S2/c1-5-29-19(28)9-15-11-31-20(22-15)23-18(27)12-32-21-25-24-17(26(21)4)10-30-16-7-6-13(2)14(3)8-16/h6-8,11H,5,9-10,12H2,1-4H3,(H,22,23,27). The van der Waals surface area contributed by atoms with Gasteiger partial charge in [0.05, 0.1) is 24.5 Å². The molecule has 2 aromatic heterocycles. The highest BCUT2D eigenvalue weighted by atomic mass is 32.2. The molecule has 0 radical (unpaired) electrons. The molecule has 32 heavy (non-hydrogen) atoms. The molecule has 1 amide bonds. The Morgan fingerprint density at radius 1 is 1.22 bits per heavy atom. The number of aromatic nitrogens is 4. The number of carbonyl (C=O) groups is 2. The SMILES string of the molecule is CCOC(=O)Cc1csc(NC(=O)CSc2nnc(COc3ccc(C)c(C)c3)n2C)n1. The summed E-state index contributed by atoms with van der Waals surface area (Å²) in [6.07, 6.45) is 0.0842. The molecule has 0 unspecified atom stereocenters. The van der Waals surface area contributed by atoms with E-state index < -0.39 is 0 Å². The predicted octanol–water partition coefficient (Wildman–Crippen LogP) is 3.30. The third-order valence-electron chi connectivity index (χ3n) is 4.53. The summed E-state index contributed by atoms with van der Waals surface area (Å²) < 4.78 is 12.5. The highest BCUT2D eigenvalue weighted by molar-refractivity contribution is 7.99. The lowest BCUT2D eigenvalue weighted by molar-refractivity contribution is -0.142. The van der Waals surface area contributed by atoms with Gasteiger partial charge in [-0.15, -0.1) is 21.5 Å². The van der Waals surface area contributed by atoms with Crippen LogP contribution in [0.4, 0.5) is 5.13 Å². The van der Waals surface area contributed by atoms with Crippen LogP contribution >= 0.6 is 23.1 Å². The van der Waals surface area contributed by atoms with Gasteiger partial charge in [0.1, 0.15) is 12.4 Å². The molecule has 9 nitrogen and oxygen atoms in total. The van der Waals surface area contributed by atoms with E-state index in [4.69, 9.17) is 9.47 Å². The molecule has 0 fully saturated rings. The number of nitrogens with zero attached hydrogens (tertiary/aromatic N) is 4. The maximum absolute atomic E-state index is 12.3. The molecule has 0 bridgehead atoms. The Morgan fingerprint density at radius 2 is 2.03 bits per heavy atom. The largest absolute Gasteiger partial charge is 0.486 e. The third-order valence-corrected chi connectivity index (χ3v) is 6.36. The minimum Gasteiger partial charge on any atom is -0.486 e. The summed E-state index contributed by atoms with van der Waals surface area (Å²) in [5.74, 6) is 1.02. The summed E-state index contributed by atoms with van der Waals surface area (Å²) in [6, 6.07) is 5.93. The summed E-state index contributed by atoms with van der Waals surface area (Å²) in [5, 5.41) is 13.8. The van der Waals surface area contributed by atoms with Crippen LogP contribution in [0.1, 0.15) is 29.6 Å². The normalized spacial score (nSPS) is 10.8. The number of ether oxygens (including phenoxy) is 2. The highest BCUT2D eigenvalue weighted by Gasteiger charge is 2.14. The van der Waals surface area contributed by atoms with E-state index in [1.54, 1.807) is 16.9 Å². The van der Waals surface area contributed by atoms with Crippen molar-refractivity contribution >= 4 is 40.1 Å². The van der Waals surface area contributed by atoms with E-state index in [-0.39, 0.29) is 30.7 Å². The van der Waals surface area contributed by atoms with Gasteiger partial charge >= 0.3 is 5.97 Å².